The Labute approximate surface area is 244 Å². The van der Waals surface area contributed by atoms with E-state index in [2.05, 4.69) is 5.32 Å². The molecule has 0 aromatic heterocycles. The van der Waals surface area contributed by atoms with Crippen molar-refractivity contribution in [2.24, 2.45) is 0 Å². The van der Waals surface area contributed by atoms with E-state index in [4.69, 9.17) is 4.74 Å². The largest absolute Gasteiger partial charge is 0.492 e. The molecule has 220 valence electrons. The average Bonchev–Trinajstić information content (AvgIpc) is 2.97. The van der Waals surface area contributed by atoms with E-state index in [9.17, 15) is 18.0 Å². The van der Waals surface area contributed by atoms with Crippen molar-refractivity contribution in [3.63, 3.8) is 0 Å². The van der Waals surface area contributed by atoms with Gasteiger partial charge in [0.05, 0.1) is 17.2 Å². The first-order chi connectivity index (χ1) is 19.6. The summed E-state index contributed by atoms with van der Waals surface area (Å²) in [6, 6.07) is 21.5. The Balaban J connectivity index is 2.11. The van der Waals surface area contributed by atoms with E-state index in [1.54, 1.807) is 42.5 Å². The number of ether oxygens (including phenoxy) is 1. The Morgan fingerprint density at radius 2 is 1.51 bits per heavy atom. The third kappa shape index (κ3) is 7.88. The third-order valence-corrected chi connectivity index (χ3v) is 8.81. The van der Waals surface area contributed by atoms with Crippen LogP contribution >= 0.6 is 0 Å². The first-order valence-electron chi connectivity index (χ1n) is 14.1. The Morgan fingerprint density at radius 3 is 2.15 bits per heavy atom. The van der Waals surface area contributed by atoms with Gasteiger partial charge in [-0.2, -0.15) is 0 Å². The van der Waals surface area contributed by atoms with Crippen LogP contribution in [-0.2, 0) is 26.2 Å². The van der Waals surface area contributed by atoms with Crippen molar-refractivity contribution >= 4 is 27.5 Å². The van der Waals surface area contributed by atoms with Crippen molar-refractivity contribution in [2.45, 2.75) is 71.0 Å². The van der Waals surface area contributed by atoms with Gasteiger partial charge in [0.25, 0.3) is 10.0 Å². The van der Waals surface area contributed by atoms with Gasteiger partial charge in [-0.05, 0) is 69.0 Å². The fourth-order valence-corrected chi connectivity index (χ4v) is 5.95. The summed E-state index contributed by atoms with van der Waals surface area (Å²) in [5.41, 5.74) is 2.10. The minimum Gasteiger partial charge on any atom is -0.492 e. The maximum absolute atomic E-state index is 14.2. The third-order valence-electron chi connectivity index (χ3n) is 7.03. The van der Waals surface area contributed by atoms with Crippen LogP contribution in [0.4, 0.5) is 5.69 Å². The van der Waals surface area contributed by atoms with Crippen molar-refractivity contribution in [2.75, 3.05) is 17.5 Å². The molecular formula is C32H41N3O5S. The molecule has 2 atom stereocenters. The van der Waals surface area contributed by atoms with Crippen molar-refractivity contribution in [1.82, 2.24) is 10.2 Å². The highest BCUT2D eigenvalue weighted by molar-refractivity contribution is 7.92. The molecule has 41 heavy (non-hydrogen) atoms. The van der Waals surface area contributed by atoms with E-state index in [1.807, 2.05) is 58.9 Å². The number of rotatable bonds is 14. The zero-order chi connectivity index (χ0) is 30.0. The molecule has 3 aromatic carbocycles. The van der Waals surface area contributed by atoms with Crippen molar-refractivity contribution in [1.29, 1.82) is 0 Å². The quantitative estimate of drug-likeness (QED) is 0.279. The Morgan fingerprint density at radius 1 is 0.878 bits per heavy atom. The molecule has 0 aliphatic carbocycles. The molecule has 0 fully saturated rings. The second-order valence-electron chi connectivity index (χ2n) is 9.92. The van der Waals surface area contributed by atoms with E-state index in [0.29, 0.717) is 18.8 Å². The van der Waals surface area contributed by atoms with Gasteiger partial charge in [0.2, 0.25) is 11.8 Å². The highest BCUT2D eigenvalue weighted by Gasteiger charge is 2.35. The number of benzene rings is 3. The van der Waals surface area contributed by atoms with Crippen LogP contribution < -0.4 is 14.4 Å². The van der Waals surface area contributed by atoms with Crippen molar-refractivity contribution in [3.05, 3.63) is 90.0 Å². The zero-order valence-corrected chi connectivity index (χ0v) is 25.4. The fraction of sp³-hybridized carbons (Fsp3) is 0.375. The Kier molecular flexibility index (Phi) is 11.3. The summed E-state index contributed by atoms with van der Waals surface area (Å²) in [6.07, 6.45) is 1.10. The molecule has 0 aliphatic heterocycles. The van der Waals surface area contributed by atoms with Gasteiger partial charge in [0.1, 0.15) is 18.3 Å². The Hall–Kier alpha value is -3.85. The normalized spacial score (nSPS) is 12.7. The number of carbonyl (C=O) groups is 2. The molecule has 0 bridgehead atoms. The molecule has 0 radical (unpaired) electrons. The molecule has 3 rings (SSSR count). The van der Waals surface area contributed by atoms with Gasteiger partial charge in [-0.3, -0.25) is 13.9 Å². The fourth-order valence-electron chi connectivity index (χ4n) is 4.51. The van der Waals surface area contributed by atoms with E-state index in [1.165, 1.54) is 17.0 Å². The molecule has 2 unspecified atom stereocenters. The second-order valence-corrected chi connectivity index (χ2v) is 11.8. The lowest BCUT2D eigenvalue weighted by molar-refractivity contribution is -0.140. The van der Waals surface area contributed by atoms with Gasteiger partial charge in [-0.15, -0.1) is 0 Å². The summed E-state index contributed by atoms with van der Waals surface area (Å²) in [5.74, 6) is -0.421. The van der Waals surface area contributed by atoms with Gasteiger partial charge < -0.3 is 15.0 Å². The topological polar surface area (TPSA) is 96.0 Å². The highest BCUT2D eigenvalue weighted by atomic mass is 32.2. The first kappa shape index (κ1) is 31.7. The SMILES string of the molecule is CCOc1ccccc1N(CC(=O)N(Cc1ccccc1C)C(CC)C(=O)NC(C)CC)S(=O)(=O)c1ccccc1. The number of amides is 2. The number of nitrogens with zero attached hydrogens (tertiary/aromatic N) is 2. The molecule has 0 saturated carbocycles. The maximum Gasteiger partial charge on any atom is 0.264 e. The smallest absolute Gasteiger partial charge is 0.264 e. The summed E-state index contributed by atoms with van der Waals surface area (Å²) in [6.45, 7) is 9.46. The maximum atomic E-state index is 14.2. The molecule has 0 saturated heterocycles. The highest BCUT2D eigenvalue weighted by Crippen LogP contribution is 2.33. The van der Waals surface area contributed by atoms with Gasteiger partial charge in [-0.1, -0.05) is 68.4 Å². The van der Waals surface area contributed by atoms with Gasteiger partial charge in [-0.25, -0.2) is 8.42 Å². The first-order valence-corrected chi connectivity index (χ1v) is 15.5. The molecule has 0 spiro atoms. The van der Waals surface area contributed by atoms with Crippen LogP contribution in [0.5, 0.6) is 5.75 Å². The monoisotopic (exact) mass is 579 g/mol. The van der Waals surface area contributed by atoms with Gasteiger partial charge in [0.15, 0.2) is 0 Å². The summed E-state index contributed by atoms with van der Waals surface area (Å²) in [7, 11) is -4.17. The Bertz CT molecular complexity index is 1410. The number of hydrogen-bond donors (Lipinski definition) is 1. The molecule has 2 amide bonds. The number of para-hydroxylation sites is 2. The van der Waals surface area contributed by atoms with E-state index >= 15 is 0 Å². The van der Waals surface area contributed by atoms with Crippen LogP contribution in [0.2, 0.25) is 0 Å². The summed E-state index contributed by atoms with van der Waals surface area (Å²) >= 11 is 0. The van der Waals surface area contributed by atoms with Crippen LogP contribution in [0.15, 0.2) is 83.8 Å². The molecule has 8 nitrogen and oxygen atoms in total. The molecule has 0 heterocycles. The second kappa shape index (κ2) is 14.7. The molecule has 9 heteroatoms. The number of anilines is 1. The number of aryl methyl sites for hydroxylation is 1. The predicted octanol–water partition coefficient (Wildman–Crippen LogP) is 5.31. The van der Waals surface area contributed by atoms with Crippen LogP contribution in [0.3, 0.4) is 0 Å². The van der Waals surface area contributed by atoms with E-state index in [0.717, 1.165) is 21.9 Å². The minimum atomic E-state index is -4.17. The summed E-state index contributed by atoms with van der Waals surface area (Å²) in [5, 5.41) is 3.00. The van der Waals surface area contributed by atoms with Crippen molar-refractivity contribution < 1.29 is 22.7 Å². The number of sulfonamides is 1. The predicted molar refractivity (Wildman–Crippen MR) is 162 cm³/mol. The zero-order valence-electron chi connectivity index (χ0n) is 24.5. The molecule has 1 N–H and O–H groups in total. The van der Waals surface area contributed by atoms with Gasteiger partial charge in [0, 0.05) is 12.6 Å². The lowest BCUT2D eigenvalue weighted by Crippen LogP contribution is -2.53. The summed E-state index contributed by atoms with van der Waals surface area (Å²) in [4.78, 5) is 29.2. The number of hydrogen-bond acceptors (Lipinski definition) is 5. The van der Waals surface area contributed by atoms with Crippen LogP contribution in [0, 0.1) is 6.92 Å². The van der Waals surface area contributed by atoms with Crippen molar-refractivity contribution in [3.8, 4) is 5.75 Å². The molecule has 0 aliphatic rings. The molecule has 3 aromatic rings. The summed E-state index contributed by atoms with van der Waals surface area (Å²) < 4.78 is 34.9. The average molecular weight is 580 g/mol. The van der Waals surface area contributed by atoms with E-state index in [-0.39, 0.29) is 29.1 Å². The van der Waals surface area contributed by atoms with E-state index < -0.39 is 28.5 Å². The lowest BCUT2D eigenvalue weighted by Gasteiger charge is -2.34. The molecular weight excluding hydrogens is 538 g/mol. The van der Waals surface area contributed by atoms with Crippen LogP contribution in [0.1, 0.15) is 51.7 Å². The minimum absolute atomic E-state index is 0.0473. The lowest BCUT2D eigenvalue weighted by atomic mass is 10.1. The number of carbonyl (C=O) groups excluding carboxylic acids is 2. The van der Waals surface area contributed by atoms with Crippen LogP contribution in [0.25, 0.3) is 0 Å². The number of nitrogens with one attached hydrogen (secondary N) is 1. The standard InChI is InChI=1S/C32H41N3O5S/c1-6-25(5)33-32(37)28(7-2)34(22-26-17-13-12-16-24(26)4)31(36)23-35(29-20-14-15-21-30(29)40-8-3)41(38,39)27-18-10-9-11-19-27/h9-21,25,28H,6-8,22-23H2,1-5H3,(H,33,37). The van der Waals surface area contributed by atoms with Gasteiger partial charge >= 0.3 is 0 Å². The van der Waals surface area contributed by atoms with Crippen LogP contribution in [-0.4, -0.2) is 50.4 Å².